The van der Waals surface area contributed by atoms with E-state index in [2.05, 4.69) is 11.1 Å². The molecule has 0 saturated carbocycles. The fourth-order valence-electron chi connectivity index (χ4n) is 2.08. The zero-order chi connectivity index (χ0) is 13.9. The van der Waals surface area contributed by atoms with Gasteiger partial charge in [-0.15, -0.1) is 0 Å². The number of nitrogens with zero attached hydrogens (tertiary/aromatic N) is 1. The Morgan fingerprint density at radius 3 is 2.60 bits per heavy atom. The summed E-state index contributed by atoms with van der Waals surface area (Å²) < 4.78 is 0. The lowest BCUT2D eigenvalue weighted by molar-refractivity contribution is 1.05. The van der Waals surface area contributed by atoms with Crippen molar-refractivity contribution in [3.63, 3.8) is 0 Å². The van der Waals surface area contributed by atoms with E-state index >= 15 is 0 Å². The topological polar surface area (TPSA) is 38.9 Å². The van der Waals surface area contributed by atoms with Gasteiger partial charge in [-0.2, -0.15) is 0 Å². The van der Waals surface area contributed by atoms with Crippen LogP contribution in [-0.2, 0) is 6.54 Å². The highest BCUT2D eigenvalue weighted by Gasteiger charge is 2.07. The van der Waals surface area contributed by atoms with Gasteiger partial charge >= 0.3 is 0 Å². The Morgan fingerprint density at radius 1 is 1.05 bits per heavy atom. The molecule has 0 aliphatic heterocycles. The molecule has 100 valence electrons. The zero-order valence-corrected chi connectivity index (χ0v) is 12.3. The molecule has 0 atom stereocenters. The molecule has 0 radical (unpaired) electrons. The minimum atomic E-state index is 0.499. The number of nitrogens with two attached hydrogens (primary N) is 1. The van der Waals surface area contributed by atoms with Gasteiger partial charge in [-0.1, -0.05) is 53.7 Å². The molecule has 0 spiro atoms. The van der Waals surface area contributed by atoms with E-state index in [1.807, 2.05) is 48.5 Å². The van der Waals surface area contributed by atoms with Gasteiger partial charge in [0.1, 0.15) is 5.03 Å². The number of halogens is 1. The van der Waals surface area contributed by atoms with Crippen LogP contribution in [-0.4, -0.2) is 4.98 Å². The average molecular weight is 301 g/mol. The van der Waals surface area contributed by atoms with Gasteiger partial charge in [0.25, 0.3) is 0 Å². The van der Waals surface area contributed by atoms with Gasteiger partial charge in [0.05, 0.1) is 10.5 Å². The fourth-order valence-corrected chi connectivity index (χ4v) is 3.22. The molecule has 0 aliphatic rings. The maximum Gasteiger partial charge on any atom is 0.102 e. The first kappa shape index (κ1) is 13.4. The number of hydrogen-bond donors (Lipinski definition) is 1. The van der Waals surface area contributed by atoms with Crippen molar-refractivity contribution in [3.05, 3.63) is 65.2 Å². The quantitative estimate of drug-likeness (QED) is 0.774. The highest BCUT2D eigenvalue weighted by Crippen LogP contribution is 2.33. The van der Waals surface area contributed by atoms with Crippen LogP contribution in [0.25, 0.3) is 10.9 Å². The van der Waals surface area contributed by atoms with E-state index < -0.39 is 0 Å². The van der Waals surface area contributed by atoms with Crippen LogP contribution in [0.5, 0.6) is 0 Å². The van der Waals surface area contributed by atoms with Crippen LogP contribution in [0.3, 0.4) is 0 Å². The number of benzene rings is 2. The summed E-state index contributed by atoms with van der Waals surface area (Å²) in [4.78, 5) is 5.67. The molecule has 0 fully saturated rings. The van der Waals surface area contributed by atoms with Crippen molar-refractivity contribution in [1.82, 2.24) is 4.98 Å². The molecule has 20 heavy (non-hydrogen) atoms. The molecule has 2 aromatic carbocycles. The number of hydrogen-bond acceptors (Lipinski definition) is 3. The van der Waals surface area contributed by atoms with Gasteiger partial charge < -0.3 is 5.73 Å². The van der Waals surface area contributed by atoms with E-state index in [1.54, 1.807) is 11.8 Å². The molecule has 0 bridgehead atoms. The predicted molar refractivity (Wildman–Crippen MR) is 85.2 cm³/mol. The van der Waals surface area contributed by atoms with E-state index in [0.29, 0.717) is 6.54 Å². The van der Waals surface area contributed by atoms with Crippen molar-refractivity contribution in [3.8, 4) is 0 Å². The van der Waals surface area contributed by atoms with E-state index in [4.69, 9.17) is 17.3 Å². The van der Waals surface area contributed by atoms with Crippen molar-refractivity contribution >= 4 is 34.3 Å². The van der Waals surface area contributed by atoms with E-state index in [1.165, 1.54) is 0 Å². The van der Waals surface area contributed by atoms with Crippen LogP contribution in [0.4, 0.5) is 0 Å². The number of para-hydroxylation sites is 1. The number of fused-ring (bicyclic) bond motifs is 1. The highest BCUT2D eigenvalue weighted by atomic mass is 35.5. The monoisotopic (exact) mass is 300 g/mol. The Morgan fingerprint density at radius 2 is 1.80 bits per heavy atom. The predicted octanol–water partition coefficient (Wildman–Crippen LogP) is 4.50. The summed E-state index contributed by atoms with van der Waals surface area (Å²) in [5.74, 6) is 0. The largest absolute Gasteiger partial charge is 0.326 e. The van der Waals surface area contributed by atoms with Crippen molar-refractivity contribution in [2.24, 2.45) is 5.73 Å². The molecule has 0 saturated heterocycles. The standard InChI is InChI=1S/C16H13ClN2S/c17-13-6-2-4-8-15(13)20-16-9-11(10-18)12-5-1-3-7-14(12)19-16/h1-9H,10,18H2. The van der Waals surface area contributed by atoms with Crippen molar-refractivity contribution in [2.75, 3.05) is 0 Å². The molecule has 3 aromatic rings. The molecule has 2 nitrogen and oxygen atoms in total. The van der Waals surface area contributed by atoms with Gasteiger partial charge in [0, 0.05) is 16.8 Å². The lowest BCUT2D eigenvalue weighted by Gasteiger charge is -2.08. The molecule has 0 amide bonds. The maximum absolute atomic E-state index is 6.19. The first-order valence-electron chi connectivity index (χ1n) is 6.29. The summed E-state index contributed by atoms with van der Waals surface area (Å²) in [7, 11) is 0. The Kier molecular flexibility index (Phi) is 3.92. The lowest BCUT2D eigenvalue weighted by Crippen LogP contribution is -1.99. The maximum atomic E-state index is 6.19. The summed E-state index contributed by atoms with van der Waals surface area (Å²) in [6.45, 7) is 0.499. The van der Waals surface area contributed by atoms with Crippen LogP contribution in [0.15, 0.2) is 64.5 Å². The molecule has 1 heterocycles. The van der Waals surface area contributed by atoms with Gasteiger partial charge in [-0.05, 0) is 29.8 Å². The van der Waals surface area contributed by atoms with E-state index in [9.17, 15) is 0 Å². The van der Waals surface area contributed by atoms with Crippen LogP contribution >= 0.6 is 23.4 Å². The van der Waals surface area contributed by atoms with E-state index in [-0.39, 0.29) is 0 Å². The minimum absolute atomic E-state index is 0.499. The number of aromatic nitrogens is 1. The summed E-state index contributed by atoms with van der Waals surface area (Å²) in [6.07, 6.45) is 0. The SMILES string of the molecule is NCc1cc(Sc2ccccc2Cl)nc2ccccc12. The third kappa shape index (κ3) is 2.66. The summed E-state index contributed by atoms with van der Waals surface area (Å²) in [6, 6.07) is 17.9. The Labute approximate surface area is 127 Å². The molecule has 4 heteroatoms. The molecular formula is C16H13ClN2S. The molecule has 0 aliphatic carbocycles. The van der Waals surface area contributed by atoms with E-state index in [0.717, 1.165) is 31.4 Å². The van der Waals surface area contributed by atoms with Gasteiger partial charge in [0.15, 0.2) is 0 Å². The second-order valence-electron chi connectivity index (χ2n) is 4.37. The number of rotatable bonds is 3. The molecule has 0 unspecified atom stereocenters. The Balaban J connectivity index is 2.06. The first-order chi connectivity index (χ1) is 9.78. The molecule has 3 rings (SSSR count). The zero-order valence-electron chi connectivity index (χ0n) is 10.7. The van der Waals surface area contributed by atoms with Gasteiger partial charge in [0.2, 0.25) is 0 Å². The Hall–Kier alpha value is -1.55. The molecular weight excluding hydrogens is 288 g/mol. The third-order valence-corrected chi connectivity index (χ3v) is 4.49. The second kappa shape index (κ2) is 5.83. The first-order valence-corrected chi connectivity index (χ1v) is 7.48. The van der Waals surface area contributed by atoms with Crippen molar-refractivity contribution < 1.29 is 0 Å². The van der Waals surface area contributed by atoms with Crippen LogP contribution in [0, 0.1) is 0 Å². The normalized spacial score (nSPS) is 10.9. The molecule has 1 aromatic heterocycles. The smallest absolute Gasteiger partial charge is 0.102 e. The lowest BCUT2D eigenvalue weighted by atomic mass is 10.1. The van der Waals surface area contributed by atoms with Crippen LogP contribution in [0.1, 0.15) is 5.56 Å². The molecule has 2 N–H and O–H groups in total. The Bertz CT molecular complexity index is 758. The number of pyridine rings is 1. The summed E-state index contributed by atoms with van der Waals surface area (Å²) in [5.41, 5.74) is 7.91. The van der Waals surface area contributed by atoms with Gasteiger partial charge in [-0.3, -0.25) is 0 Å². The van der Waals surface area contributed by atoms with Crippen molar-refractivity contribution in [1.29, 1.82) is 0 Å². The van der Waals surface area contributed by atoms with Crippen LogP contribution in [0.2, 0.25) is 5.02 Å². The van der Waals surface area contributed by atoms with Gasteiger partial charge in [-0.25, -0.2) is 4.98 Å². The second-order valence-corrected chi connectivity index (χ2v) is 5.84. The van der Waals surface area contributed by atoms with Crippen LogP contribution < -0.4 is 5.73 Å². The summed E-state index contributed by atoms with van der Waals surface area (Å²) in [5, 5.41) is 2.76. The highest BCUT2D eigenvalue weighted by molar-refractivity contribution is 7.99. The third-order valence-electron chi connectivity index (χ3n) is 3.05. The fraction of sp³-hybridized carbons (Fsp3) is 0.0625. The average Bonchev–Trinajstić information content (AvgIpc) is 2.49. The minimum Gasteiger partial charge on any atom is -0.326 e. The van der Waals surface area contributed by atoms with Crippen molar-refractivity contribution in [2.45, 2.75) is 16.5 Å². The summed E-state index contributed by atoms with van der Waals surface area (Å²) >= 11 is 7.75.